The summed E-state index contributed by atoms with van der Waals surface area (Å²) in [6, 6.07) is 0.221. The number of carbonyl (C=O) groups is 1. The molecule has 5 heteroatoms. The highest BCUT2D eigenvalue weighted by atomic mass is 16.5. The van der Waals surface area contributed by atoms with Gasteiger partial charge in [-0.15, -0.1) is 0 Å². The molecule has 24 heavy (non-hydrogen) atoms. The number of urea groups is 1. The first-order valence-electron chi connectivity index (χ1n) is 10.0. The number of hydrogen-bond donors (Lipinski definition) is 1. The van der Waals surface area contributed by atoms with Crippen molar-refractivity contribution in [1.82, 2.24) is 15.1 Å². The Morgan fingerprint density at radius 3 is 2.67 bits per heavy atom. The summed E-state index contributed by atoms with van der Waals surface area (Å²) in [7, 11) is 0. The number of likely N-dealkylation sites (tertiary alicyclic amines) is 2. The maximum absolute atomic E-state index is 12.6. The van der Waals surface area contributed by atoms with E-state index in [9.17, 15) is 4.79 Å². The topological polar surface area (TPSA) is 44.8 Å². The van der Waals surface area contributed by atoms with E-state index in [4.69, 9.17) is 4.74 Å². The number of nitrogens with one attached hydrogen (secondary N) is 1. The highest BCUT2D eigenvalue weighted by molar-refractivity contribution is 5.74. The van der Waals surface area contributed by atoms with Gasteiger partial charge >= 0.3 is 6.03 Å². The molecule has 0 saturated carbocycles. The maximum Gasteiger partial charge on any atom is 0.317 e. The molecule has 3 fully saturated rings. The number of hydrogen-bond acceptors (Lipinski definition) is 3. The molecule has 0 radical (unpaired) electrons. The summed E-state index contributed by atoms with van der Waals surface area (Å²) < 4.78 is 5.69. The lowest BCUT2D eigenvalue weighted by atomic mass is 9.94. The Balaban J connectivity index is 1.43. The molecular weight excluding hydrogens is 302 g/mol. The van der Waals surface area contributed by atoms with Crippen LogP contribution in [-0.4, -0.2) is 67.3 Å². The Labute approximate surface area is 147 Å². The smallest absolute Gasteiger partial charge is 0.317 e. The minimum absolute atomic E-state index is 0.106. The Morgan fingerprint density at radius 2 is 1.96 bits per heavy atom. The standard InChI is InChI=1S/C19H35N3O2/c1-15-7-10-21(11-8-15)13-17-5-3-9-22(14-17)19(23)20-16(2)18-6-4-12-24-18/h15-18H,3-14H2,1-2H3,(H,20,23)/t16-,17-,18+/m0/s1. The molecule has 0 aromatic rings. The fourth-order valence-corrected chi connectivity index (χ4v) is 4.38. The van der Waals surface area contributed by atoms with Gasteiger partial charge in [0.2, 0.25) is 0 Å². The molecule has 138 valence electrons. The average molecular weight is 338 g/mol. The van der Waals surface area contributed by atoms with Crippen LogP contribution in [0.3, 0.4) is 0 Å². The Bertz CT molecular complexity index is 403. The summed E-state index contributed by atoms with van der Waals surface area (Å²) >= 11 is 0. The first kappa shape index (κ1) is 18.0. The van der Waals surface area contributed by atoms with E-state index in [0.717, 1.165) is 51.4 Å². The highest BCUT2D eigenvalue weighted by Crippen LogP contribution is 2.22. The molecule has 5 nitrogen and oxygen atoms in total. The van der Waals surface area contributed by atoms with Crippen molar-refractivity contribution >= 4 is 6.03 Å². The number of carbonyl (C=O) groups excluding carboxylic acids is 1. The van der Waals surface area contributed by atoms with Gasteiger partial charge in [0.15, 0.2) is 0 Å². The van der Waals surface area contributed by atoms with E-state index in [2.05, 4.69) is 24.1 Å². The fourth-order valence-electron chi connectivity index (χ4n) is 4.38. The molecule has 3 aliphatic rings. The molecule has 0 aromatic carbocycles. The zero-order valence-electron chi connectivity index (χ0n) is 15.5. The first-order valence-corrected chi connectivity index (χ1v) is 10.0. The summed E-state index contributed by atoms with van der Waals surface area (Å²) in [4.78, 5) is 17.2. The number of piperidine rings is 2. The number of amides is 2. The van der Waals surface area contributed by atoms with Crippen molar-refractivity contribution in [2.45, 2.75) is 64.5 Å². The van der Waals surface area contributed by atoms with Crippen LogP contribution in [0, 0.1) is 11.8 Å². The van der Waals surface area contributed by atoms with Crippen molar-refractivity contribution in [2.75, 3.05) is 39.3 Å². The predicted molar refractivity (Wildman–Crippen MR) is 96.1 cm³/mol. The minimum Gasteiger partial charge on any atom is -0.376 e. The lowest BCUT2D eigenvalue weighted by Crippen LogP contribution is -2.52. The predicted octanol–water partition coefficient (Wildman–Crippen LogP) is 2.71. The van der Waals surface area contributed by atoms with E-state index in [0.29, 0.717) is 5.92 Å². The van der Waals surface area contributed by atoms with Crippen LogP contribution >= 0.6 is 0 Å². The van der Waals surface area contributed by atoms with Crippen LogP contribution < -0.4 is 5.32 Å². The zero-order valence-corrected chi connectivity index (χ0v) is 15.5. The molecular formula is C19H35N3O2. The van der Waals surface area contributed by atoms with E-state index in [-0.39, 0.29) is 18.2 Å². The first-order chi connectivity index (χ1) is 11.6. The number of ether oxygens (including phenoxy) is 1. The van der Waals surface area contributed by atoms with Gasteiger partial charge in [-0.05, 0) is 70.4 Å². The van der Waals surface area contributed by atoms with Crippen molar-refractivity contribution in [1.29, 1.82) is 0 Å². The Kier molecular flexibility index (Phi) is 6.39. The van der Waals surface area contributed by atoms with Crippen LogP contribution in [0.1, 0.15) is 52.4 Å². The van der Waals surface area contributed by atoms with E-state index in [1.807, 2.05) is 4.90 Å². The van der Waals surface area contributed by atoms with Crippen LogP contribution in [0.25, 0.3) is 0 Å². The van der Waals surface area contributed by atoms with Gasteiger partial charge in [0.25, 0.3) is 0 Å². The second-order valence-corrected chi connectivity index (χ2v) is 8.23. The van der Waals surface area contributed by atoms with Crippen molar-refractivity contribution in [2.24, 2.45) is 11.8 Å². The second kappa shape index (κ2) is 8.52. The Hall–Kier alpha value is -0.810. The van der Waals surface area contributed by atoms with Crippen LogP contribution in [0.15, 0.2) is 0 Å². The molecule has 0 spiro atoms. The van der Waals surface area contributed by atoms with Crippen LogP contribution in [0.2, 0.25) is 0 Å². The molecule has 3 rings (SSSR count). The zero-order chi connectivity index (χ0) is 16.9. The van der Waals surface area contributed by atoms with Gasteiger partial charge in [-0.3, -0.25) is 0 Å². The average Bonchev–Trinajstić information content (AvgIpc) is 3.12. The molecule has 3 saturated heterocycles. The van der Waals surface area contributed by atoms with Crippen molar-refractivity contribution in [3.63, 3.8) is 0 Å². The molecule has 3 atom stereocenters. The van der Waals surface area contributed by atoms with Gasteiger partial charge in [0.1, 0.15) is 0 Å². The molecule has 0 bridgehead atoms. The van der Waals surface area contributed by atoms with Gasteiger partial charge in [0, 0.05) is 26.2 Å². The van der Waals surface area contributed by atoms with E-state index in [1.54, 1.807) is 0 Å². The SMILES string of the molecule is CC1CCN(C[C@@H]2CCCN(C(=O)N[C@@H](C)[C@H]3CCCO3)C2)CC1. The minimum atomic E-state index is 0.106. The van der Waals surface area contributed by atoms with Crippen molar-refractivity contribution in [3.8, 4) is 0 Å². The van der Waals surface area contributed by atoms with Crippen LogP contribution in [0.5, 0.6) is 0 Å². The molecule has 3 heterocycles. The quantitative estimate of drug-likeness (QED) is 0.858. The highest BCUT2D eigenvalue weighted by Gasteiger charge is 2.29. The lowest BCUT2D eigenvalue weighted by molar-refractivity contribution is 0.0796. The Morgan fingerprint density at radius 1 is 1.17 bits per heavy atom. The van der Waals surface area contributed by atoms with Gasteiger partial charge in [-0.25, -0.2) is 4.79 Å². The normalized spacial score (nSPS) is 31.2. The van der Waals surface area contributed by atoms with Gasteiger partial charge in [-0.2, -0.15) is 0 Å². The lowest BCUT2D eigenvalue weighted by Gasteiger charge is -2.38. The molecule has 0 unspecified atom stereocenters. The summed E-state index contributed by atoms with van der Waals surface area (Å²) in [6.07, 6.45) is 7.44. The second-order valence-electron chi connectivity index (χ2n) is 8.23. The third kappa shape index (κ3) is 4.85. The maximum atomic E-state index is 12.6. The monoisotopic (exact) mass is 337 g/mol. The largest absolute Gasteiger partial charge is 0.376 e. The van der Waals surface area contributed by atoms with Crippen LogP contribution in [-0.2, 0) is 4.74 Å². The van der Waals surface area contributed by atoms with E-state index >= 15 is 0 Å². The van der Waals surface area contributed by atoms with Crippen molar-refractivity contribution in [3.05, 3.63) is 0 Å². The molecule has 1 N–H and O–H groups in total. The van der Waals surface area contributed by atoms with E-state index in [1.165, 1.54) is 32.4 Å². The summed E-state index contributed by atoms with van der Waals surface area (Å²) in [5, 5.41) is 3.17. The molecule has 0 aliphatic carbocycles. The molecule has 2 amide bonds. The molecule has 3 aliphatic heterocycles. The van der Waals surface area contributed by atoms with Gasteiger partial charge in [0.05, 0.1) is 12.1 Å². The summed E-state index contributed by atoms with van der Waals surface area (Å²) in [6.45, 7) is 10.7. The molecule has 0 aromatic heterocycles. The number of rotatable bonds is 4. The summed E-state index contributed by atoms with van der Waals surface area (Å²) in [5.41, 5.74) is 0. The fraction of sp³-hybridized carbons (Fsp3) is 0.947. The van der Waals surface area contributed by atoms with E-state index < -0.39 is 0 Å². The third-order valence-electron chi connectivity index (χ3n) is 6.07. The summed E-state index contributed by atoms with van der Waals surface area (Å²) in [5.74, 6) is 1.52. The van der Waals surface area contributed by atoms with Crippen molar-refractivity contribution < 1.29 is 9.53 Å². The van der Waals surface area contributed by atoms with Crippen LogP contribution in [0.4, 0.5) is 4.79 Å². The number of nitrogens with zero attached hydrogens (tertiary/aromatic N) is 2. The van der Waals surface area contributed by atoms with Gasteiger partial charge < -0.3 is 19.9 Å². The third-order valence-corrected chi connectivity index (χ3v) is 6.07. The van der Waals surface area contributed by atoms with Gasteiger partial charge in [-0.1, -0.05) is 6.92 Å².